The zero-order valence-corrected chi connectivity index (χ0v) is 9.00. The topological polar surface area (TPSA) is 58.4 Å². The highest BCUT2D eigenvalue weighted by Gasteiger charge is 2.11. The molecule has 2 aromatic rings. The fourth-order valence-corrected chi connectivity index (χ4v) is 1.98. The highest BCUT2D eigenvalue weighted by Crippen LogP contribution is 2.05. The molecule has 3 heterocycles. The van der Waals surface area contributed by atoms with Gasteiger partial charge in [-0.3, -0.25) is 9.30 Å². The molecule has 0 aromatic carbocycles. The van der Waals surface area contributed by atoms with E-state index in [0.717, 1.165) is 38.4 Å². The van der Waals surface area contributed by atoms with Crippen LogP contribution in [0.5, 0.6) is 0 Å². The summed E-state index contributed by atoms with van der Waals surface area (Å²) in [5, 5.41) is 11.1. The summed E-state index contributed by atoms with van der Waals surface area (Å²) in [5.74, 6) is 0.674. The molecule has 16 heavy (non-hydrogen) atoms. The number of nitrogens with zero attached hydrogens (tertiary/aromatic N) is 5. The zero-order chi connectivity index (χ0) is 10.8. The molecule has 0 atom stereocenters. The Morgan fingerprint density at radius 2 is 2.19 bits per heavy atom. The first-order valence-corrected chi connectivity index (χ1v) is 5.50. The summed E-state index contributed by atoms with van der Waals surface area (Å²) in [6, 6.07) is 0. The van der Waals surface area contributed by atoms with Gasteiger partial charge in [0.15, 0.2) is 0 Å². The molecule has 6 heteroatoms. The Bertz CT molecular complexity index is 440. The quantitative estimate of drug-likeness (QED) is 0.738. The van der Waals surface area contributed by atoms with Crippen LogP contribution in [0.4, 0.5) is 0 Å². The Labute approximate surface area is 93.3 Å². The molecule has 6 nitrogen and oxygen atoms in total. The fraction of sp³-hybridized carbons (Fsp3) is 0.500. The minimum Gasteiger partial charge on any atom is -0.314 e. The molecule has 0 radical (unpaired) electrons. The molecule has 1 fully saturated rings. The van der Waals surface area contributed by atoms with Crippen LogP contribution in [0.1, 0.15) is 5.69 Å². The van der Waals surface area contributed by atoms with E-state index in [9.17, 15) is 0 Å². The first kappa shape index (κ1) is 9.68. The van der Waals surface area contributed by atoms with Crippen LogP contribution in [0.3, 0.4) is 0 Å². The van der Waals surface area contributed by atoms with E-state index in [1.807, 2.05) is 16.8 Å². The third-order valence-electron chi connectivity index (χ3n) is 2.80. The van der Waals surface area contributed by atoms with Crippen molar-refractivity contribution in [2.75, 3.05) is 26.2 Å². The molecule has 0 bridgehead atoms. The summed E-state index contributed by atoms with van der Waals surface area (Å²) in [4.78, 5) is 6.83. The van der Waals surface area contributed by atoms with Gasteiger partial charge in [0, 0.05) is 45.1 Å². The fourth-order valence-electron chi connectivity index (χ4n) is 1.98. The molecule has 2 aromatic heterocycles. The molecule has 1 N–H and O–H groups in total. The summed E-state index contributed by atoms with van der Waals surface area (Å²) < 4.78 is 1.91. The van der Waals surface area contributed by atoms with Gasteiger partial charge >= 0.3 is 0 Å². The highest BCUT2D eigenvalue weighted by atomic mass is 15.2. The SMILES string of the molecule is c1cn2cc(CN3CCNCC3)nc2nn1. The first-order chi connectivity index (χ1) is 7.92. The van der Waals surface area contributed by atoms with Crippen molar-refractivity contribution in [3.05, 3.63) is 24.3 Å². The number of rotatable bonds is 2. The second kappa shape index (κ2) is 4.15. The highest BCUT2D eigenvalue weighted by molar-refractivity contribution is 5.27. The number of hydrogen-bond acceptors (Lipinski definition) is 5. The lowest BCUT2D eigenvalue weighted by molar-refractivity contribution is 0.231. The second-order valence-corrected chi connectivity index (χ2v) is 3.98. The van der Waals surface area contributed by atoms with Crippen LogP contribution in [0.15, 0.2) is 18.6 Å². The van der Waals surface area contributed by atoms with E-state index in [1.54, 1.807) is 6.20 Å². The van der Waals surface area contributed by atoms with Crippen LogP contribution < -0.4 is 5.32 Å². The number of aromatic nitrogens is 4. The predicted octanol–water partition coefficient (Wildman–Crippen LogP) is -0.471. The maximum atomic E-state index is 4.43. The Morgan fingerprint density at radius 1 is 1.31 bits per heavy atom. The van der Waals surface area contributed by atoms with Crippen molar-refractivity contribution in [1.29, 1.82) is 0 Å². The number of nitrogens with one attached hydrogen (secondary N) is 1. The molecule has 3 rings (SSSR count). The van der Waals surface area contributed by atoms with Crippen LogP contribution in [0, 0.1) is 0 Å². The standard InChI is InChI=1S/C10H14N6/c1-4-15(5-2-11-1)7-9-8-16-6-3-12-14-10(16)13-9/h3,6,8,11H,1-2,4-5,7H2. The van der Waals surface area contributed by atoms with Gasteiger partial charge in [0.1, 0.15) is 0 Å². The normalized spacial score (nSPS) is 18.0. The molecule has 1 saturated heterocycles. The molecule has 0 spiro atoms. The largest absolute Gasteiger partial charge is 0.314 e. The molecule has 0 saturated carbocycles. The minimum absolute atomic E-state index is 0.674. The van der Waals surface area contributed by atoms with Gasteiger partial charge in [0.2, 0.25) is 0 Å². The number of hydrogen-bond donors (Lipinski definition) is 1. The van der Waals surface area contributed by atoms with Gasteiger partial charge in [-0.05, 0) is 0 Å². The molecular weight excluding hydrogens is 204 g/mol. The lowest BCUT2D eigenvalue weighted by Crippen LogP contribution is -2.42. The first-order valence-electron chi connectivity index (χ1n) is 5.50. The average Bonchev–Trinajstić information content (AvgIpc) is 2.72. The van der Waals surface area contributed by atoms with Gasteiger partial charge in [-0.15, -0.1) is 5.10 Å². The van der Waals surface area contributed by atoms with Crippen LogP contribution in [0.2, 0.25) is 0 Å². The van der Waals surface area contributed by atoms with E-state index in [4.69, 9.17) is 0 Å². The lowest BCUT2D eigenvalue weighted by atomic mass is 10.3. The minimum atomic E-state index is 0.674. The van der Waals surface area contributed by atoms with E-state index in [2.05, 4.69) is 25.4 Å². The van der Waals surface area contributed by atoms with Gasteiger partial charge in [-0.2, -0.15) is 5.10 Å². The molecule has 0 aliphatic carbocycles. The third-order valence-corrected chi connectivity index (χ3v) is 2.80. The van der Waals surface area contributed by atoms with Gasteiger partial charge in [-0.1, -0.05) is 0 Å². The average molecular weight is 218 g/mol. The van der Waals surface area contributed by atoms with Crippen LogP contribution in [-0.4, -0.2) is 50.7 Å². The smallest absolute Gasteiger partial charge is 0.253 e. The Hall–Kier alpha value is -1.53. The van der Waals surface area contributed by atoms with Crippen molar-refractivity contribution in [3.8, 4) is 0 Å². The molecule has 0 unspecified atom stereocenters. The zero-order valence-electron chi connectivity index (χ0n) is 9.00. The Morgan fingerprint density at radius 3 is 3.00 bits per heavy atom. The van der Waals surface area contributed by atoms with Crippen LogP contribution in [0.25, 0.3) is 5.78 Å². The van der Waals surface area contributed by atoms with Gasteiger partial charge in [0.25, 0.3) is 5.78 Å². The third kappa shape index (κ3) is 1.89. The molecule has 84 valence electrons. The van der Waals surface area contributed by atoms with E-state index in [0.29, 0.717) is 5.78 Å². The number of piperazine rings is 1. The lowest BCUT2D eigenvalue weighted by Gasteiger charge is -2.26. The number of fused-ring (bicyclic) bond motifs is 1. The number of imidazole rings is 1. The van der Waals surface area contributed by atoms with E-state index < -0.39 is 0 Å². The monoisotopic (exact) mass is 218 g/mol. The van der Waals surface area contributed by atoms with Crippen LogP contribution >= 0.6 is 0 Å². The van der Waals surface area contributed by atoms with E-state index in [-0.39, 0.29) is 0 Å². The van der Waals surface area contributed by atoms with Gasteiger partial charge in [-0.25, -0.2) is 4.98 Å². The van der Waals surface area contributed by atoms with Gasteiger partial charge < -0.3 is 5.32 Å². The molecule has 0 amide bonds. The summed E-state index contributed by atoms with van der Waals surface area (Å²) in [7, 11) is 0. The maximum absolute atomic E-state index is 4.43. The van der Waals surface area contributed by atoms with Crippen molar-refractivity contribution in [1.82, 2.24) is 29.8 Å². The van der Waals surface area contributed by atoms with E-state index in [1.165, 1.54) is 0 Å². The Kier molecular flexibility index (Phi) is 2.51. The van der Waals surface area contributed by atoms with E-state index >= 15 is 0 Å². The molecule has 1 aliphatic rings. The van der Waals surface area contributed by atoms with Crippen molar-refractivity contribution in [3.63, 3.8) is 0 Å². The van der Waals surface area contributed by atoms with Crippen LogP contribution in [-0.2, 0) is 6.54 Å². The maximum Gasteiger partial charge on any atom is 0.253 e. The summed E-state index contributed by atoms with van der Waals surface area (Å²) in [6.07, 6.45) is 5.56. The molecular formula is C10H14N6. The Balaban J connectivity index is 1.78. The predicted molar refractivity (Wildman–Crippen MR) is 58.9 cm³/mol. The summed E-state index contributed by atoms with van der Waals surface area (Å²) in [6.45, 7) is 5.19. The second-order valence-electron chi connectivity index (χ2n) is 3.98. The van der Waals surface area contributed by atoms with Crippen molar-refractivity contribution in [2.24, 2.45) is 0 Å². The molecule has 1 aliphatic heterocycles. The van der Waals surface area contributed by atoms with Gasteiger partial charge in [0.05, 0.1) is 11.9 Å². The van der Waals surface area contributed by atoms with Crippen molar-refractivity contribution < 1.29 is 0 Å². The van der Waals surface area contributed by atoms with Crippen molar-refractivity contribution in [2.45, 2.75) is 6.54 Å². The summed E-state index contributed by atoms with van der Waals surface area (Å²) in [5.41, 5.74) is 1.06. The summed E-state index contributed by atoms with van der Waals surface area (Å²) >= 11 is 0. The van der Waals surface area contributed by atoms with Crippen molar-refractivity contribution >= 4 is 5.78 Å².